The standard InChI is InChI=1S/C14H20ClNO4S/c15-12-1-3-14(4-2-12)20-9-13(17)8-16-7-11-5-6-21(18,19)10-11/h1-4,11,13,16-17H,5-10H2. The van der Waals surface area contributed by atoms with Gasteiger partial charge >= 0.3 is 0 Å². The van der Waals surface area contributed by atoms with Crippen LogP contribution >= 0.6 is 11.6 Å². The van der Waals surface area contributed by atoms with Gasteiger partial charge in [-0.2, -0.15) is 0 Å². The number of hydrogen-bond donors (Lipinski definition) is 2. The number of benzene rings is 1. The number of rotatable bonds is 7. The number of aliphatic hydroxyl groups excluding tert-OH is 1. The van der Waals surface area contributed by atoms with Gasteiger partial charge < -0.3 is 15.2 Å². The van der Waals surface area contributed by atoms with Crippen LogP contribution < -0.4 is 10.1 Å². The van der Waals surface area contributed by atoms with Gasteiger partial charge in [-0.05, 0) is 43.1 Å². The number of sulfone groups is 1. The molecule has 2 atom stereocenters. The Bertz CT molecular complexity index is 547. The molecule has 1 aliphatic rings. The second kappa shape index (κ2) is 7.45. The van der Waals surface area contributed by atoms with Crippen LogP contribution in [-0.4, -0.2) is 50.8 Å². The van der Waals surface area contributed by atoms with Gasteiger partial charge in [-0.3, -0.25) is 0 Å². The first-order valence-corrected chi connectivity index (χ1v) is 9.12. The Morgan fingerprint density at radius 1 is 1.38 bits per heavy atom. The van der Waals surface area contributed by atoms with Crippen molar-refractivity contribution in [2.45, 2.75) is 12.5 Å². The SMILES string of the molecule is O=S1(=O)CCC(CNCC(O)COc2ccc(Cl)cc2)C1. The summed E-state index contributed by atoms with van der Waals surface area (Å²) in [4.78, 5) is 0. The summed E-state index contributed by atoms with van der Waals surface area (Å²) in [6.45, 7) is 1.17. The maximum Gasteiger partial charge on any atom is 0.150 e. The molecule has 1 aliphatic heterocycles. The van der Waals surface area contributed by atoms with Gasteiger partial charge in [-0.25, -0.2) is 8.42 Å². The van der Waals surface area contributed by atoms with Crippen molar-refractivity contribution < 1.29 is 18.3 Å². The summed E-state index contributed by atoms with van der Waals surface area (Å²) in [6, 6.07) is 6.93. The van der Waals surface area contributed by atoms with Gasteiger partial charge in [-0.1, -0.05) is 11.6 Å². The van der Waals surface area contributed by atoms with Gasteiger partial charge in [0.25, 0.3) is 0 Å². The summed E-state index contributed by atoms with van der Waals surface area (Å²) >= 11 is 5.77. The molecule has 0 saturated carbocycles. The lowest BCUT2D eigenvalue weighted by atomic mass is 10.1. The maximum atomic E-state index is 11.3. The predicted octanol–water partition coefficient (Wildman–Crippen LogP) is 1.10. The van der Waals surface area contributed by atoms with E-state index in [1.807, 2.05) is 0 Å². The van der Waals surface area contributed by atoms with E-state index in [2.05, 4.69) is 5.32 Å². The normalized spacial score (nSPS) is 22.1. The number of halogens is 1. The molecule has 1 saturated heterocycles. The highest BCUT2D eigenvalue weighted by atomic mass is 35.5. The molecule has 21 heavy (non-hydrogen) atoms. The smallest absolute Gasteiger partial charge is 0.150 e. The van der Waals surface area contributed by atoms with Crippen molar-refractivity contribution in [1.82, 2.24) is 5.32 Å². The molecule has 0 bridgehead atoms. The number of hydrogen-bond acceptors (Lipinski definition) is 5. The third-order valence-corrected chi connectivity index (χ3v) is 5.48. The molecule has 0 spiro atoms. The van der Waals surface area contributed by atoms with Gasteiger partial charge in [0.05, 0.1) is 11.5 Å². The van der Waals surface area contributed by atoms with Crippen LogP contribution in [-0.2, 0) is 9.84 Å². The molecule has 2 rings (SSSR count). The Morgan fingerprint density at radius 2 is 2.10 bits per heavy atom. The van der Waals surface area contributed by atoms with Gasteiger partial charge in [0, 0.05) is 11.6 Å². The zero-order valence-electron chi connectivity index (χ0n) is 11.7. The zero-order valence-corrected chi connectivity index (χ0v) is 13.2. The van der Waals surface area contributed by atoms with Crippen LogP contribution in [0.25, 0.3) is 0 Å². The van der Waals surface area contributed by atoms with E-state index in [-0.39, 0.29) is 24.0 Å². The average molecular weight is 334 g/mol. The first-order valence-electron chi connectivity index (χ1n) is 6.92. The fourth-order valence-electron chi connectivity index (χ4n) is 2.27. The molecule has 2 unspecified atom stereocenters. The average Bonchev–Trinajstić information content (AvgIpc) is 2.78. The summed E-state index contributed by atoms with van der Waals surface area (Å²) in [7, 11) is -2.83. The van der Waals surface area contributed by atoms with E-state index >= 15 is 0 Å². The molecular weight excluding hydrogens is 314 g/mol. The summed E-state index contributed by atoms with van der Waals surface area (Å²) < 4.78 is 28.1. The van der Waals surface area contributed by atoms with Gasteiger partial charge in [0.15, 0.2) is 9.84 Å². The van der Waals surface area contributed by atoms with Crippen molar-refractivity contribution in [2.24, 2.45) is 5.92 Å². The van der Waals surface area contributed by atoms with E-state index in [0.29, 0.717) is 30.3 Å². The van der Waals surface area contributed by atoms with Crippen LogP contribution in [0, 0.1) is 5.92 Å². The Morgan fingerprint density at radius 3 is 2.71 bits per heavy atom. The van der Waals surface area contributed by atoms with Crippen LogP contribution in [0.3, 0.4) is 0 Å². The number of ether oxygens (including phenoxy) is 1. The highest BCUT2D eigenvalue weighted by Crippen LogP contribution is 2.17. The molecule has 5 nitrogen and oxygen atoms in total. The van der Waals surface area contributed by atoms with Crippen molar-refractivity contribution in [3.05, 3.63) is 29.3 Å². The second-order valence-electron chi connectivity index (χ2n) is 5.35. The zero-order chi connectivity index (χ0) is 15.3. The van der Waals surface area contributed by atoms with Crippen LogP contribution in [0.5, 0.6) is 5.75 Å². The Balaban J connectivity index is 1.61. The number of nitrogens with one attached hydrogen (secondary N) is 1. The largest absolute Gasteiger partial charge is 0.491 e. The van der Waals surface area contributed by atoms with E-state index in [9.17, 15) is 13.5 Å². The Hall–Kier alpha value is -0.820. The van der Waals surface area contributed by atoms with Crippen molar-refractivity contribution in [2.75, 3.05) is 31.2 Å². The highest BCUT2D eigenvalue weighted by molar-refractivity contribution is 7.91. The van der Waals surface area contributed by atoms with Crippen LogP contribution in [0.15, 0.2) is 24.3 Å². The fraction of sp³-hybridized carbons (Fsp3) is 0.571. The minimum Gasteiger partial charge on any atom is -0.491 e. The molecule has 118 valence electrons. The van der Waals surface area contributed by atoms with E-state index in [4.69, 9.17) is 16.3 Å². The lowest BCUT2D eigenvalue weighted by Gasteiger charge is -2.15. The topological polar surface area (TPSA) is 75.6 Å². The van der Waals surface area contributed by atoms with E-state index in [1.165, 1.54) is 0 Å². The molecular formula is C14H20ClNO4S. The lowest BCUT2D eigenvalue weighted by Crippen LogP contribution is -2.34. The van der Waals surface area contributed by atoms with E-state index in [0.717, 1.165) is 0 Å². The molecule has 1 heterocycles. The molecule has 2 N–H and O–H groups in total. The maximum absolute atomic E-state index is 11.3. The minimum atomic E-state index is -2.83. The molecule has 1 aromatic carbocycles. The molecule has 0 radical (unpaired) electrons. The second-order valence-corrected chi connectivity index (χ2v) is 8.01. The third kappa shape index (κ3) is 5.82. The molecule has 7 heteroatoms. The quantitative estimate of drug-likeness (QED) is 0.781. The van der Waals surface area contributed by atoms with Crippen LogP contribution in [0.4, 0.5) is 0 Å². The Labute approximate surface area is 130 Å². The minimum absolute atomic E-state index is 0.152. The van der Waals surface area contributed by atoms with Crippen molar-refractivity contribution >= 4 is 21.4 Å². The fourth-order valence-corrected chi connectivity index (χ4v) is 4.26. The predicted molar refractivity (Wildman–Crippen MR) is 82.6 cm³/mol. The van der Waals surface area contributed by atoms with Gasteiger partial charge in [0.1, 0.15) is 18.5 Å². The van der Waals surface area contributed by atoms with Gasteiger partial charge in [-0.15, -0.1) is 0 Å². The molecule has 1 aromatic rings. The lowest BCUT2D eigenvalue weighted by molar-refractivity contribution is 0.106. The van der Waals surface area contributed by atoms with Crippen molar-refractivity contribution in [3.8, 4) is 5.75 Å². The molecule has 0 aliphatic carbocycles. The summed E-state index contributed by atoms with van der Waals surface area (Å²) in [5.74, 6) is 1.33. The third-order valence-electron chi connectivity index (χ3n) is 3.40. The number of aliphatic hydroxyl groups is 1. The van der Waals surface area contributed by atoms with Crippen LogP contribution in [0.1, 0.15) is 6.42 Å². The first kappa shape index (κ1) is 16.5. The van der Waals surface area contributed by atoms with E-state index in [1.54, 1.807) is 24.3 Å². The van der Waals surface area contributed by atoms with E-state index < -0.39 is 15.9 Å². The van der Waals surface area contributed by atoms with Crippen molar-refractivity contribution in [3.63, 3.8) is 0 Å². The first-order chi connectivity index (χ1) is 9.94. The summed E-state index contributed by atoms with van der Waals surface area (Å²) in [5, 5.41) is 13.5. The van der Waals surface area contributed by atoms with Crippen LogP contribution in [0.2, 0.25) is 5.02 Å². The van der Waals surface area contributed by atoms with Gasteiger partial charge in [0.2, 0.25) is 0 Å². The monoisotopic (exact) mass is 333 g/mol. The molecule has 1 fully saturated rings. The molecule has 0 amide bonds. The summed E-state index contributed by atoms with van der Waals surface area (Å²) in [6.07, 6.45) is 0.0610. The van der Waals surface area contributed by atoms with Crippen molar-refractivity contribution in [1.29, 1.82) is 0 Å². The summed E-state index contributed by atoms with van der Waals surface area (Å²) in [5.41, 5.74) is 0. The highest BCUT2D eigenvalue weighted by Gasteiger charge is 2.27. The Kier molecular flexibility index (Phi) is 5.87. The molecule has 0 aromatic heterocycles.